The molecule has 1 aromatic carbocycles. The van der Waals surface area contributed by atoms with Crippen LogP contribution in [0.1, 0.15) is 44.6 Å². The van der Waals surface area contributed by atoms with E-state index in [-0.39, 0.29) is 11.9 Å². The zero-order valence-corrected chi connectivity index (χ0v) is 13.7. The van der Waals surface area contributed by atoms with Crippen molar-refractivity contribution in [2.75, 3.05) is 18.4 Å². The summed E-state index contributed by atoms with van der Waals surface area (Å²) in [7, 11) is 0. The van der Waals surface area contributed by atoms with E-state index < -0.39 is 11.4 Å². The summed E-state index contributed by atoms with van der Waals surface area (Å²) in [6, 6.07) is 7.59. The van der Waals surface area contributed by atoms with Gasteiger partial charge in [0.25, 0.3) is 0 Å². The average molecular weight is 316 g/mol. The molecule has 1 saturated heterocycles. The van der Waals surface area contributed by atoms with Crippen LogP contribution >= 0.6 is 0 Å². The van der Waals surface area contributed by atoms with E-state index in [1.54, 1.807) is 4.90 Å². The Morgan fingerprint density at radius 2 is 2.09 bits per heavy atom. The number of likely N-dealkylation sites (tertiary alicyclic amines) is 1. The Kier molecular flexibility index (Phi) is 4.04. The van der Waals surface area contributed by atoms with Gasteiger partial charge < -0.3 is 15.3 Å². The number of hydrogen-bond acceptors (Lipinski definition) is 2. The standard InChI is InChI=1S/C18H24N2O3/c1-12(2)14-7-3-4-8-15(14)19-17(23)20-10-13-6-5-9-18(13,11-20)16(21)22/h3-4,7-8,12-13H,5-6,9-11H2,1-2H3,(H,19,23)(H,21,22)/t13-,18+/m0/s1. The molecule has 0 aromatic heterocycles. The van der Waals surface area contributed by atoms with E-state index in [9.17, 15) is 14.7 Å². The van der Waals surface area contributed by atoms with Crippen LogP contribution in [0.4, 0.5) is 10.5 Å². The number of nitrogens with one attached hydrogen (secondary N) is 1. The van der Waals surface area contributed by atoms with Gasteiger partial charge in [-0.1, -0.05) is 38.5 Å². The summed E-state index contributed by atoms with van der Waals surface area (Å²) in [6.07, 6.45) is 2.53. The second-order valence-corrected chi connectivity index (χ2v) is 7.10. The molecule has 0 bridgehead atoms. The van der Waals surface area contributed by atoms with Crippen LogP contribution in [0.3, 0.4) is 0 Å². The number of carboxylic acids is 1. The highest BCUT2D eigenvalue weighted by atomic mass is 16.4. The number of rotatable bonds is 3. The van der Waals surface area contributed by atoms with Gasteiger partial charge in [0.05, 0.1) is 5.41 Å². The van der Waals surface area contributed by atoms with Crippen LogP contribution < -0.4 is 5.32 Å². The smallest absolute Gasteiger partial charge is 0.321 e. The molecule has 2 aliphatic rings. The van der Waals surface area contributed by atoms with Crippen LogP contribution in [0.2, 0.25) is 0 Å². The highest BCUT2D eigenvalue weighted by Crippen LogP contribution is 2.49. The van der Waals surface area contributed by atoms with E-state index in [0.29, 0.717) is 25.4 Å². The van der Waals surface area contributed by atoms with Gasteiger partial charge in [0.1, 0.15) is 0 Å². The Bertz CT molecular complexity index is 628. The maximum absolute atomic E-state index is 12.6. The van der Waals surface area contributed by atoms with Crippen molar-refractivity contribution in [3.8, 4) is 0 Å². The molecule has 3 rings (SSSR count). The highest BCUT2D eigenvalue weighted by molar-refractivity contribution is 5.91. The van der Waals surface area contributed by atoms with Crippen molar-refractivity contribution in [1.29, 1.82) is 0 Å². The molecular formula is C18H24N2O3. The molecule has 1 saturated carbocycles. The number of amides is 2. The minimum atomic E-state index is -0.752. The number of anilines is 1. The van der Waals surface area contributed by atoms with E-state index in [4.69, 9.17) is 0 Å². The van der Waals surface area contributed by atoms with Crippen LogP contribution in [-0.2, 0) is 4.79 Å². The molecule has 2 atom stereocenters. The quantitative estimate of drug-likeness (QED) is 0.896. The van der Waals surface area contributed by atoms with Crippen molar-refractivity contribution in [3.05, 3.63) is 29.8 Å². The Labute approximate surface area is 136 Å². The first-order valence-electron chi connectivity index (χ1n) is 8.32. The normalized spacial score (nSPS) is 26.4. The van der Waals surface area contributed by atoms with E-state index in [1.807, 2.05) is 24.3 Å². The highest BCUT2D eigenvalue weighted by Gasteiger charge is 2.55. The van der Waals surface area contributed by atoms with Gasteiger partial charge in [-0.25, -0.2) is 4.79 Å². The number of carbonyl (C=O) groups excluding carboxylic acids is 1. The first kappa shape index (κ1) is 15.8. The molecule has 5 nitrogen and oxygen atoms in total. The summed E-state index contributed by atoms with van der Waals surface area (Å²) in [5.74, 6) is -0.348. The van der Waals surface area contributed by atoms with E-state index in [0.717, 1.165) is 24.1 Å². The summed E-state index contributed by atoms with van der Waals surface area (Å²) >= 11 is 0. The molecule has 124 valence electrons. The molecule has 0 spiro atoms. The lowest BCUT2D eigenvalue weighted by molar-refractivity contribution is -0.149. The fraction of sp³-hybridized carbons (Fsp3) is 0.556. The number of fused-ring (bicyclic) bond motifs is 1. The zero-order chi connectivity index (χ0) is 16.6. The van der Waals surface area contributed by atoms with Gasteiger partial charge in [0.15, 0.2) is 0 Å². The second-order valence-electron chi connectivity index (χ2n) is 7.10. The first-order valence-corrected chi connectivity index (χ1v) is 8.32. The van der Waals surface area contributed by atoms with Crippen LogP contribution in [0.15, 0.2) is 24.3 Å². The van der Waals surface area contributed by atoms with Crippen molar-refractivity contribution >= 4 is 17.7 Å². The van der Waals surface area contributed by atoms with Gasteiger partial charge in [-0.05, 0) is 36.3 Å². The fourth-order valence-electron chi connectivity index (χ4n) is 4.10. The molecular weight excluding hydrogens is 292 g/mol. The van der Waals surface area contributed by atoms with E-state index >= 15 is 0 Å². The van der Waals surface area contributed by atoms with Crippen molar-refractivity contribution in [2.24, 2.45) is 11.3 Å². The molecule has 5 heteroatoms. The number of aliphatic carboxylic acids is 1. The van der Waals surface area contributed by atoms with Gasteiger partial charge in [-0.3, -0.25) is 4.79 Å². The lowest BCUT2D eigenvalue weighted by Gasteiger charge is -2.24. The Balaban J connectivity index is 1.75. The minimum absolute atomic E-state index is 0.0890. The van der Waals surface area contributed by atoms with E-state index in [2.05, 4.69) is 19.2 Å². The second kappa shape index (κ2) is 5.87. The predicted octanol–water partition coefficient (Wildman–Crippen LogP) is 3.53. The number of benzene rings is 1. The van der Waals surface area contributed by atoms with E-state index in [1.165, 1.54) is 0 Å². The van der Waals surface area contributed by atoms with Crippen LogP contribution in [0.25, 0.3) is 0 Å². The lowest BCUT2D eigenvalue weighted by atomic mass is 9.81. The zero-order valence-electron chi connectivity index (χ0n) is 13.7. The maximum Gasteiger partial charge on any atom is 0.321 e. The maximum atomic E-state index is 12.6. The summed E-state index contributed by atoms with van der Waals surface area (Å²) in [6.45, 7) is 5.04. The van der Waals surface area contributed by atoms with Gasteiger partial charge in [-0.2, -0.15) is 0 Å². The SMILES string of the molecule is CC(C)c1ccccc1NC(=O)N1C[C@@H]2CCC[C@@]2(C(=O)O)C1. The molecule has 1 aliphatic carbocycles. The number of para-hydroxylation sites is 1. The van der Waals surface area contributed by atoms with Gasteiger partial charge >= 0.3 is 12.0 Å². The molecule has 1 heterocycles. The number of urea groups is 1. The molecule has 2 amide bonds. The largest absolute Gasteiger partial charge is 0.481 e. The third kappa shape index (κ3) is 2.69. The van der Waals surface area contributed by atoms with Crippen molar-refractivity contribution in [3.63, 3.8) is 0 Å². The third-order valence-electron chi connectivity index (χ3n) is 5.41. The van der Waals surface area contributed by atoms with Crippen molar-refractivity contribution < 1.29 is 14.7 Å². The summed E-state index contributed by atoms with van der Waals surface area (Å²) in [4.78, 5) is 26.0. The molecule has 0 radical (unpaired) electrons. The molecule has 2 N–H and O–H groups in total. The number of nitrogens with zero attached hydrogens (tertiary/aromatic N) is 1. The topological polar surface area (TPSA) is 69.6 Å². The van der Waals surface area contributed by atoms with Crippen LogP contribution in [0, 0.1) is 11.3 Å². The van der Waals surface area contributed by atoms with Gasteiger partial charge in [-0.15, -0.1) is 0 Å². The molecule has 2 fully saturated rings. The van der Waals surface area contributed by atoms with Crippen LogP contribution in [-0.4, -0.2) is 35.1 Å². The fourth-order valence-corrected chi connectivity index (χ4v) is 4.10. The molecule has 1 aromatic rings. The molecule has 0 unspecified atom stereocenters. The van der Waals surface area contributed by atoms with Crippen LogP contribution in [0.5, 0.6) is 0 Å². The summed E-state index contributed by atoms with van der Waals surface area (Å²) in [5.41, 5.74) is 1.18. The molecule has 23 heavy (non-hydrogen) atoms. The third-order valence-corrected chi connectivity index (χ3v) is 5.41. The number of carbonyl (C=O) groups is 2. The predicted molar refractivity (Wildman–Crippen MR) is 88.5 cm³/mol. The first-order chi connectivity index (χ1) is 10.9. The summed E-state index contributed by atoms with van der Waals surface area (Å²) < 4.78 is 0. The molecule has 1 aliphatic heterocycles. The van der Waals surface area contributed by atoms with Gasteiger partial charge in [0.2, 0.25) is 0 Å². The monoisotopic (exact) mass is 316 g/mol. The number of hydrogen-bond donors (Lipinski definition) is 2. The minimum Gasteiger partial charge on any atom is -0.481 e. The Morgan fingerprint density at radius 1 is 1.35 bits per heavy atom. The Morgan fingerprint density at radius 3 is 2.74 bits per heavy atom. The number of carboxylic acid groups (broad SMARTS) is 1. The lowest BCUT2D eigenvalue weighted by Crippen LogP contribution is -2.38. The van der Waals surface area contributed by atoms with Crippen molar-refractivity contribution in [1.82, 2.24) is 4.90 Å². The van der Waals surface area contributed by atoms with Gasteiger partial charge in [0, 0.05) is 18.8 Å². The van der Waals surface area contributed by atoms with Crippen molar-refractivity contribution in [2.45, 2.75) is 39.0 Å². The summed E-state index contributed by atoms with van der Waals surface area (Å²) in [5, 5.41) is 12.6. The Hall–Kier alpha value is -2.04. The average Bonchev–Trinajstić information content (AvgIpc) is 3.05.